The van der Waals surface area contributed by atoms with Crippen molar-refractivity contribution < 1.29 is 9.53 Å². The molecule has 30 heavy (non-hydrogen) atoms. The molecular weight excluding hydrogens is 396 g/mol. The zero-order valence-corrected chi connectivity index (χ0v) is 18.1. The lowest BCUT2D eigenvalue weighted by atomic mass is 9.83. The lowest BCUT2D eigenvalue weighted by molar-refractivity contribution is 0.122. The Morgan fingerprint density at radius 2 is 1.87 bits per heavy atom. The predicted molar refractivity (Wildman–Crippen MR) is 121 cm³/mol. The second kappa shape index (κ2) is 8.94. The highest BCUT2D eigenvalue weighted by atomic mass is 32.1. The summed E-state index contributed by atoms with van der Waals surface area (Å²) in [5.74, 6) is 1.75. The highest BCUT2D eigenvalue weighted by molar-refractivity contribution is 7.14. The minimum Gasteiger partial charge on any atom is -0.378 e. The summed E-state index contributed by atoms with van der Waals surface area (Å²) in [5.41, 5.74) is 2.86. The Morgan fingerprint density at radius 3 is 2.63 bits per heavy atom. The highest BCUT2D eigenvalue weighted by Gasteiger charge is 2.35. The van der Waals surface area contributed by atoms with Crippen molar-refractivity contribution >= 4 is 28.2 Å². The van der Waals surface area contributed by atoms with Crippen LogP contribution in [0.15, 0.2) is 29.6 Å². The van der Waals surface area contributed by atoms with Crippen LogP contribution in [0, 0.1) is 11.8 Å². The SMILES string of the molecule is O=C(Nc1ccc(-c2csc(N3CCOCC3)n2)cc1)NC1CCCC(C2CC2)C1. The third kappa shape index (κ3) is 4.78. The van der Waals surface area contributed by atoms with Crippen molar-refractivity contribution in [2.45, 2.75) is 44.6 Å². The number of amides is 2. The number of nitrogens with zero attached hydrogens (tertiary/aromatic N) is 2. The molecule has 6 nitrogen and oxygen atoms in total. The van der Waals surface area contributed by atoms with E-state index in [1.807, 2.05) is 24.3 Å². The van der Waals surface area contributed by atoms with Crippen LogP contribution in [-0.4, -0.2) is 43.4 Å². The lowest BCUT2D eigenvalue weighted by Crippen LogP contribution is -2.41. The molecule has 1 aromatic carbocycles. The van der Waals surface area contributed by atoms with Gasteiger partial charge in [-0.3, -0.25) is 0 Å². The Labute approximate surface area is 182 Å². The number of ether oxygens (including phenoxy) is 1. The molecule has 1 aromatic heterocycles. The van der Waals surface area contributed by atoms with E-state index in [2.05, 4.69) is 20.9 Å². The van der Waals surface area contributed by atoms with Crippen LogP contribution in [0.5, 0.6) is 0 Å². The van der Waals surface area contributed by atoms with E-state index in [0.29, 0.717) is 6.04 Å². The van der Waals surface area contributed by atoms with Crippen molar-refractivity contribution in [2.75, 3.05) is 36.5 Å². The van der Waals surface area contributed by atoms with Crippen LogP contribution in [0.4, 0.5) is 15.6 Å². The Morgan fingerprint density at radius 1 is 1.07 bits per heavy atom. The molecule has 3 aliphatic rings. The molecule has 2 saturated carbocycles. The van der Waals surface area contributed by atoms with Crippen molar-refractivity contribution in [3.63, 3.8) is 0 Å². The largest absolute Gasteiger partial charge is 0.378 e. The first-order valence-corrected chi connectivity index (χ1v) is 12.1. The van der Waals surface area contributed by atoms with Crippen molar-refractivity contribution in [1.82, 2.24) is 10.3 Å². The van der Waals surface area contributed by atoms with E-state index >= 15 is 0 Å². The third-order valence-electron chi connectivity index (χ3n) is 6.55. The van der Waals surface area contributed by atoms with Gasteiger partial charge in [0.05, 0.1) is 18.9 Å². The van der Waals surface area contributed by atoms with Crippen molar-refractivity contribution in [3.05, 3.63) is 29.6 Å². The Kier molecular flexibility index (Phi) is 5.91. The first-order valence-electron chi connectivity index (χ1n) is 11.2. The summed E-state index contributed by atoms with van der Waals surface area (Å²) in [6.45, 7) is 3.32. The van der Waals surface area contributed by atoms with Gasteiger partial charge in [0, 0.05) is 35.8 Å². The molecular formula is C23H30N4O2S. The van der Waals surface area contributed by atoms with Gasteiger partial charge in [0.25, 0.3) is 0 Å². The number of hydrogen-bond acceptors (Lipinski definition) is 5. The monoisotopic (exact) mass is 426 g/mol. The first kappa shape index (κ1) is 19.8. The number of urea groups is 1. The molecule has 2 amide bonds. The normalized spacial score (nSPS) is 24.5. The van der Waals surface area contributed by atoms with Gasteiger partial charge in [-0.15, -0.1) is 11.3 Å². The Hall–Kier alpha value is -2.12. The van der Waals surface area contributed by atoms with Gasteiger partial charge in [0.2, 0.25) is 0 Å². The third-order valence-corrected chi connectivity index (χ3v) is 7.45. The van der Waals surface area contributed by atoms with Gasteiger partial charge in [-0.2, -0.15) is 0 Å². The van der Waals surface area contributed by atoms with E-state index < -0.39 is 0 Å². The Balaban J connectivity index is 1.15. The van der Waals surface area contributed by atoms with E-state index in [1.54, 1.807) is 11.3 Å². The van der Waals surface area contributed by atoms with E-state index in [0.717, 1.165) is 73.1 Å². The van der Waals surface area contributed by atoms with Gasteiger partial charge in [-0.05, 0) is 49.7 Å². The average molecular weight is 427 g/mol. The minimum atomic E-state index is -0.0903. The van der Waals surface area contributed by atoms with Crippen LogP contribution in [0.3, 0.4) is 0 Å². The molecule has 3 fully saturated rings. The van der Waals surface area contributed by atoms with Crippen LogP contribution < -0.4 is 15.5 Å². The number of carbonyl (C=O) groups excluding carboxylic acids is 1. The number of rotatable bonds is 5. The number of thiazole rings is 1. The van der Waals surface area contributed by atoms with Gasteiger partial charge < -0.3 is 20.3 Å². The van der Waals surface area contributed by atoms with E-state index in [1.165, 1.54) is 25.7 Å². The number of nitrogens with one attached hydrogen (secondary N) is 2. The van der Waals surface area contributed by atoms with E-state index in [4.69, 9.17) is 9.72 Å². The lowest BCUT2D eigenvalue weighted by Gasteiger charge is -2.29. The van der Waals surface area contributed by atoms with Crippen LogP contribution >= 0.6 is 11.3 Å². The fourth-order valence-corrected chi connectivity index (χ4v) is 5.62. The molecule has 1 saturated heterocycles. The Bertz CT molecular complexity index is 858. The van der Waals surface area contributed by atoms with E-state index in [-0.39, 0.29) is 6.03 Å². The first-order chi connectivity index (χ1) is 14.7. The summed E-state index contributed by atoms with van der Waals surface area (Å²) in [5, 5.41) is 9.33. The second-order valence-electron chi connectivity index (χ2n) is 8.75. The molecule has 2 unspecified atom stereocenters. The van der Waals surface area contributed by atoms with Crippen molar-refractivity contribution in [3.8, 4) is 11.3 Å². The van der Waals surface area contributed by atoms with Crippen molar-refractivity contribution in [1.29, 1.82) is 0 Å². The molecule has 160 valence electrons. The maximum atomic E-state index is 12.5. The zero-order valence-electron chi connectivity index (χ0n) is 17.3. The molecule has 0 spiro atoms. The van der Waals surface area contributed by atoms with Gasteiger partial charge in [0.15, 0.2) is 5.13 Å². The molecule has 2 N–H and O–H groups in total. The second-order valence-corrected chi connectivity index (χ2v) is 9.59. The molecule has 2 heterocycles. The predicted octanol–water partition coefficient (Wildman–Crippen LogP) is 4.74. The van der Waals surface area contributed by atoms with Crippen LogP contribution in [0.1, 0.15) is 38.5 Å². The van der Waals surface area contributed by atoms with Crippen LogP contribution in [0.25, 0.3) is 11.3 Å². The van der Waals surface area contributed by atoms with Gasteiger partial charge in [-0.1, -0.05) is 25.0 Å². The molecule has 5 rings (SSSR count). The number of benzene rings is 1. The number of morpholine rings is 1. The summed E-state index contributed by atoms with van der Waals surface area (Å²) in [7, 11) is 0. The fraction of sp³-hybridized carbons (Fsp3) is 0.565. The molecule has 1 aliphatic heterocycles. The molecule has 2 aliphatic carbocycles. The van der Waals surface area contributed by atoms with E-state index in [9.17, 15) is 4.79 Å². The molecule has 0 bridgehead atoms. The molecule has 2 aromatic rings. The number of hydrogen-bond donors (Lipinski definition) is 2. The summed E-state index contributed by atoms with van der Waals surface area (Å²) < 4.78 is 5.42. The number of anilines is 2. The van der Waals surface area contributed by atoms with Gasteiger partial charge in [-0.25, -0.2) is 9.78 Å². The topological polar surface area (TPSA) is 66.5 Å². The minimum absolute atomic E-state index is 0.0903. The summed E-state index contributed by atoms with van der Waals surface area (Å²) in [4.78, 5) is 19.5. The number of carbonyl (C=O) groups is 1. The summed E-state index contributed by atoms with van der Waals surface area (Å²) >= 11 is 1.67. The average Bonchev–Trinajstić information content (AvgIpc) is 3.52. The molecule has 0 radical (unpaired) electrons. The standard InChI is InChI=1S/C23H30N4O2S/c28-22(25-20-3-1-2-18(14-20)16-4-5-16)24-19-8-6-17(7-9-19)21-15-30-23(26-21)27-10-12-29-13-11-27/h6-9,15-16,18,20H,1-5,10-14H2,(H2,24,25,28). The smallest absolute Gasteiger partial charge is 0.319 e. The maximum absolute atomic E-state index is 12.5. The van der Waals surface area contributed by atoms with Gasteiger partial charge in [0.1, 0.15) is 0 Å². The van der Waals surface area contributed by atoms with Gasteiger partial charge >= 0.3 is 6.03 Å². The van der Waals surface area contributed by atoms with Crippen LogP contribution in [-0.2, 0) is 4.74 Å². The van der Waals surface area contributed by atoms with Crippen LogP contribution in [0.2, 0.25) is 0 Å². The summed E-state index contributed by atoms with van der Waals surface area (Å²) in [6.07, 6.45) is 7.61. The highest BCUT2D eigenvalue weighted by Crippen LogP contribution is 2.43. The quantitative estimate of drug-likeness (QED) is 0.725. The molecule has 2 atom stereocenters. The van der Waals surface area contributed by atoms with Crippen molar-refractivity contribution in [2.24, 2.45) is 11.8 Å². The molecule has 7 heteroatoms. The summed E-state index contributed by atoms with van der Waals surface area (Å²) in [6, 6.07) is 8.19. The number of aromatic nitrogens is 1. The zero-order chi connectivity index (χ0) is 20.3. The maximum Gasteiger partial charge on any atom is 0.319 e. The fourth-order valence-electron chi connectivity index (χ4n) is 4.73.